The van der Waals surface area contributed by atoms with E-state index in [4.69, 9.17) is 0 Å². The van der Waals surface area contributed by atoms with Crippen molar-refractivity contribution in [3.05, 3.63) is 0 Å². The van der Waals surface area contributed by atoms with Crippen molar-refractivity contribution in [1.82, 2.24) is 5.32 Å². The summed E-state index contributed by atoms with van der Waals surface area (Å²) in [7, 11) is 0. The number of hydrogen-bond donors (Lipinski definition) is 2. The molecule has 2 heteroatoms. The van der Waals surface area contributed by atoms with Crippen molar-refractivity contribution in [2.75, 3.05) is 0 Å². The molecule has 70 valence electrons. The van der Waals surface area contributed by atoms with E-state index in [9.17, 15) is 5.11 Å². The first-order valence-corrected chi connectivity index (χ1v) is 5.09. The molecular weight excluding hydrogens is 150 g/mol. The number of aliphatic hydroxyl groups excluding tert-OH is 1. The van der Waals surface area contributed by atoms with Gasteiger partial charge in [0.25, 0.3) is 0 Å². The number of aliphatic hydroxyl groups is 1. The van der Waals surface area contributed by atoms with Gasteiger partial charge in [-0.25, -0.2) is 0 Å². The van der Waals surface area contributed by atoms with Crippen molar-refractivity contribution in [1.29, 1.82) is 0 Å². The van der Waals surface area contributed by atoms with Gasteiger partial charge in [-0.15, -0.1) is 0 Å². The smallest absolute Gasteiger partial charge is 0.108 e. The molecule has 2 aliphatic rings. The highest BCUT2D eigenvalue weighted by molar-refractivity contribution is 5.05. The Bertz CT molecular complexity index is 175. The van der Waals surface area contributed by atoms with Crippen molar-refractivity contribution in [2.24, 2.45) is 11.8 Å². The number of rotatable bonds is 1. The summed E-state index contributed by atoms with van der Waals surface area (Å²) in [6.07, 6.45) is 4.77. The maximum Gasteiger partial charge on any atom is 0.108 e. The van der Waals surface area contributed by atoms with Crippen LogP contribution < -0.4 is 5.32 Å². The first-order chi connectivity index (χ1) is 5.63. The average Bonchev–Trinajstić information content (AvgIpc) is 2.68. The van der Waals surface area contributed by atoms with E-state index < -0.39 is 0 Å². The molecule has 2 rings (SSSR count). The van der Waals surface area contributed by atoms with Crippen LogP contribution in [0.2, 0.25) is 0 Å². The lowest BCUT2D eigenvalue weighted by molar-refractivity contribution is 0.00390. The van der Waals surface area contributed by atoms with Gasteiger partial charge in [0.1, 0.15) is 6.23 Å². The van der Waals surface area contributed by atoms with Gasteiger partial charge in [0.05, 0.1) is 0 Å². The summed E-state index contributed by atoms with van der Waals surface area (Å²) in [4.78, 5) is 0. The Hall–Kier alpha value is -0.0800. The number of nitrogens with one attached hydrogen (secondary N) is 1. The lowest BCUT2D eigenvalue weighted by Crippen LogP contribution is -2.50. The van der Waals surface area contributed by atoms with Crippen LogP contribution in [0.1, 0.15) is 39.5 Å². The van der Waals surface area contributed by atoms with Gasteiger partial charge in [0.2, 0.25) is 0 Å². The highest BCUT2D eigenvalue weighted by Gasteiger charge is 2.48. The molecule has 2 nitrogen and oxygen atoms in total. The van der Waals surface area contributed by atoms with Crippen LogP contribution in [0.4, 0.5) is 0 Å². The fourth-order valence-electron chi connectivity index (χ4n) is 2.34. The van der Waals surface area contributed by atoms with Crippen LogP contribution in [-0.2, 0) is 0 Å². The van der Waals surface area contributed by atoms with Crippen LogP contribution in [0.3, 0.4) is 0 Å². The molecule has 0 aromatic carbocycles. The van der Waals surface area contributed by atoms with E-state index in [0.717, 1.165) is 0 Å². The maximum absolute atomic E-state index is 9.80. The maximum atomic E-state index is 9.80. The summed E-state index contributed by atoms with van der Waals surface area (Å²) in [6, 6.07) is 0. The van der Waals surface area contributed by atoms with Crippen LogP contribution in [0, 0.1) is 11.8 Å². The Balaban J connectivity index is 1.95. The van der Waals surface area contributed by atoms with Crippen molar-refractivity contribution in [3.63, 3.8) is 0 Å². The molecule has 1 saturated heterocycles. The zero-order valence-corrected chi connectivity index (χ0v) is 8.01. The molecule has 1 aliphatic carbocycles. The molecule has 1 aliphatic heterocycles. The van der Waals surface area contributed by atoms with Gasteiger partial charge in [-0.2, -0.15) is 0 Å². The molecule has 12 heavy (non-hydrogen) atoms. The van der Waals surface area contributed by atoms with E-state index in [1.165, 1.54) is 25.7 Å². The normalized spacial score (nSPS) is 39.0. The number of piperidine rings is 1. The third-order valence-corrected chi connectivity index (χ3v) is 3.53. The molecule has 2 unspecified atom stereocenters. The second-order valence-corrected chi connectivity index (χ2v) is 4.82. The van der Waals surface area contributed by atoms with Gasteiger partial charge in [-0.3, -0.25) is 5.32 Å². The summed E-state index contributed by atoms with van der Waals surface area (Å²) >= 11 is 0. The molecule has 1 heterocycles. The Labute approximate surface area is 74.4 Å². The van der Waals surface area contributed by atoms with E-state index in [-0.39, 0.29) is 6.23 Å². The van der Waals surface area contributed by atoms with Gasteiger partial charge in [-0.05, 0) is 31.6 Å². The van der Waals surface area contributed by atoms with E-state index in [1.54, 1.807) is 0 Å². The summed E-state index contributed by atoms with van der Waals surface area (Å²) in [5.74, 6) is 1.07. The second-order valence-electron chi connectivity index (χ2n) is 4.82. The molecule has 2 N–H and O–H groups in total. The largest absolute Gasteiger partial charge is 0.378 e. The molecule has 0 bridgehead atoms. The standard InChI is InChI=1S/C10H19NO/c1-7(2)8-3-4-10(5-6-10)11-9(8)12/h7-9,11-12H,3-6H2,1-2H3. The van der Waals surface area contributed by atoms with Crippen LogP contribution >= 0.6 is 0 Å². The fourth-order valence-corrected chi connectivity index (χ4v) is 2.34. The van der Waals surface area contributed by atoms with E-state index in [1.807, 2.05) is 0 Å². The minimum absolute atomic E-state index is 0.249. The minimum Gasteiger partial charge on any atom is -0.378 e. The summed E-state index contributed by atoms with van der Waals surface area (Å²) in [5, 5.41) is 13.2. The van der Waals surface area contributed by atoms with Crippen LogP contribution in [0.15, 0.2) is 0 Å². The summed E-state index contributed by atoms with van der Waals surface area (Å²) in [5.41, 5.74) is 0.366. The molecule has 0 amide bonds. The summed E-state index contributed by atoms with van der Waals surface area (Å²) < 4.78 is 0. The van der Waals surface area contributed by atoms with Crippen LogP contribution in [0.5, 0.6) is 0 Å². The Morgan fingerprint density at radius 2 is 2.00 bits per heavy atom. The molecule has 0 aromatic heterocycles. The first kappa shape index (κ1) is 8.52. The quantitative estimate of drug-likeness (QED) is 0.623. The van der Waals surface area contributed by atoms with E-state index in [0.29, 0.717) is 17.4 Å². The number of hydrogen-bond acceptors (Lipinski definition) is 2. The Morgan fingerprint density at radius 3 is 2.42 bits per heavy atom. The van der Waals surface area contributed by atoms with Gasteiger partial charge < -0.3 is 5.11 Å². The van der Waals surface area contributed by atoms with Crippen LogP contribution in [-0.4, -0.2) is 16.9 Å². The minimum atomic E-state index is -0.249. The van der Waals surface area contributed by atoms with Gasteiger partial charge in [0, 0.05) is 11.5 Å². The van der Waals surface area contributed by atoms with Gasteiger partial charge in [0.15, 0.2) is 0 Å². The van der Waals surface area contributed by atoms with E-state index >= 15 is 0 Å². The third kappa shape index (κ3) is 1.38. The third-order valence-electron chi connectivity index (χ3n) is 3.53. The van der Waals surface area contributed by atoms with Gasteiger partial charge >= 0.3 is 0 Å². The highest BCUT2D eigenvalue weighted by Crippen LogP contribution is 2.45. The molecule has 1 spiro atoms. The van der Waals surface area contributed by atoms with Crippen molar-refractivity contribution >= 4 is 0 Å². The molecule has 0 radical (unpaired) electrons. The van der Waals surface area contributed by atoms with E-state index in [2.05, 4.69) is 19.2 Å². The predicted octanol–water partition coefficient (Wildman–Crippen LogP) is 1.49. The first-order valence-electron chi connectivity index (χ1n) is 5.09. The van der Waals surface area contributed by atoms with Gasteiger partial charge in [-0.1, -0.05) is 13.8 Å². The second kappa shape index (κ2) is 2.71. The molecule has 0 aromatic rings. The lowest BCUT2D eigenvalue weighted by Gasteiger charge is -2.36. The lowest BCUT2D eigenvalue weighted by atomic mass is 9.84. The topological polar surface area (TPSA) is 32.3 Å². The molecule has 1 saturated carbocycles. The molecule has 2 fully saturated rings. The Morgan fingerprint density at radius 1 is 1.33 bits per heavy atom. The van der Waals surface area contributed by atoms with Crippen molar-refractivity contribution < 1.29 is 5.11 Å². The zero-order valence-electron chi connectivity index (χ0n) is 8.01. The highest BCUT2D eigenvalue weighted by atomic mass is 16.3. The van der Waals surface area contributed by atoms with Crippen molar-refractivity contribution in [3.8, 4) is 0 Å². The predicted molar refractivity (Wildman–Crippen MR) is 48.7 cm³/mol. The molecule has 2 atom stereocenters. The average molecular weight is 169 g/mol. The monoisotopic (exact) mass is 169 g/mol. The fraction of sp³-hybridized carbons (Fsp3) is 1.00. The summed E-state index contributed by atoms with van der Waals surface area (Å²) in [6.45, 7) is 4.39. The van der Waals surface area contributed by atoms with Crippen molar-refractivity contribution in [2.45, 2.75) is 51.3 Å². The van der Waals surface area contributed by atoms with Crippen LogP contribution in [0.25, 0.3) is 0 Å². The SMILES string of the molecule is CC(C)C1CCC2(CC2)NC1O. The zero-order chi connectivity index (χ0) is 8.77. The Kier molecular flexibility index (Phi) is 1.92. The molecular formula is C10H19NO.